The molecule has 0 spiro atoms. The molecule has 3 heterocycles. The van der Waals surface area contributed by atoms with E-state index in [-0.39, 0.29) is 40.4 Å². The molecule has 3 aromatic carbocycles. The van der Waals surface area contributed by atoms with Crippen molar-refractivity contribution in [2.75, 3.05) is 18.1 Å². The summed E-state index contributed by atoms with van der Waals surface area (Å²) in [5.41, 5.74) is 12.9. The highest BCUT2D eigenvalue weighted by Gasteiger charge is 2.52. The summed E-state index contributed by atoms with van der Waals surface area (Å²) < 4.78 is 25.3. The van der Waals surface area contributed by atoms with Gasteiger partial charge in [0.2, 0.25) is 5.62 Å². The number of nitrogen functional groups attached to an aromatic ring is 2. The molecule has 1 fully saturated rings. The predicted molar refractivity (Wildman–Crippen MR) is 162 cm³/mol. The van der Waals surface area contributed by atoms with Crippen molar-refractivity contribution in [2.24, 2.45) is 0 Å². The van der Waals surface area contributed by atoms with E-state index < -0.39 is 48.1 Å². The lowest BCUT2D eigenvalue weighted by atomic mass is 10.1. The maximum absolute atomic E-state index is 13.4. The Morgan fingerprint density at radius 1 is 0.739 bits per heavy atom. The van der Waals surface area contributed by atoms with Gasteiger partial charge in [0.25, 0.3) is 0 Å². The number of rotatable bonds is 8. The summed E-state index contributed by atoms with van der Waals surface area (Å²) in [6.45, 7) is -0.384. The molecule has 232 valence electrons. The average molecular weight is 622 g/mol. The number of ether oxygens (including phenoxy) is 4. The van der Waals surface area contributed by atoms with Crippen molar-refractivity contribution in [3.63, 3.8) is 0 Å². The zero-order valence-electron chi connectivity index (χ0n) is 24.1. The third-order valence-corrected chi connectivity index (χ3v) is 7.18. The third-order valence-electron chi connectivity index (χ3n) is 7.18. The average Bonchev–Trinajstić information content (AvgIpc) is 3.63. The fourth-order valence-corrected chi connectivity index (χ4v) is 5.04. The molecule has 0 unspecified atom stereocenters. The monoisotopic (exact) mass is 621 g/mol. The van der Waals surface area contributed by atoms with Crippen LogP contribution >= 0.6 is 0 Å². The van der Waals surface area contributed by atoms with Crippen molar-refractivity contribution in [3.05, 3.63) is 120 Å². The van der Waals surface area contributed by atoms with Crippen molar-refractivity contribution in [3.8, 4) is 0 Å². The number of nitrogens with two attached hydrogens (primary N) is 2. The molecule has 0 bridgehead atoms. The van der Waals surface area contributed by atoms with Crippen LogP contribution in [0.2, 0.25) is 0 Å². The molecule has 0 saturated carbocycles. The van der Waals surface area contributed by atoms with Gasteiger partial charge >= 0.3 is 17.9 Å². The maximum atomic E-state index is 13.4. The minimum Gasteiger partial charge on any atom is -0.459 e. The lowest BCUT2D eigenvalue weighted by Crippen LogP contribution is -2.41. The van der Waals surface area contributed by atoms with Crippen LogP contribution in [0.25, 0.3) is 11.0 Å². The van der Waals surface area contributed by atoms with Gasteiger partial charge in [-0.15, -0.1) is 0 Å². The van der Waals surface area contributed by atoms with Gasteiger partial charge < -0.3 is 30.4 Å². The fraction of sp³-hybridized carbons (Fsp3) is 0.156. The summed E-state index contributed by atoms with van der Waals surface area (Å²) in [4.78, 5) is 51.8. The zero-order chi connectivity index (χ0) is 32.2. The Labute approximate surface area is 261 Å². The van der Waals surface area contributed by atoms with Crippen LogP contribution in [0.4, 0.5) is 11.6 Å². The maximum Gasteiger partial charge on any atom is 0.338 e. The number of nitrogens with zero attached hydrogens (tertiary/aromatic N) is 4. The molecule has 14 nitrogen and oxygen atoms in total. The van der Waals surface area contributed by atoms with E-state index in [1.807, 2.05) is 0 Å². The first-order chi connectivity index (χ1) is 22.3. The highest BCUT2D eigenvalue weighted by molar-refractivity contribution is 5.92. The van der Waals surface area contributed by atoms with Crippen molar-refractivity contribution < 1.29 is 33.3 Å². The van der Waals surface area contributed by atoms with Gasteiger partial charge in [-0.2, -0.15) is 9.97 Å². The van der Waals surface area contributed by atoms with Crippen molar-refractivity contribution in [2.45, 2.75) is 24.5 Å². The topological polar surface area (TPSA) is 208 Å². The van der Waals surface area contributed by atoms with E-state index >= 15 is 0 Å². The number of carbonyl (C=O) groups is 3. The largest absolute Gasteiger partial charge is 0.459 e. The van der Waals surface area contributed by atoms with Crippen molar-refractivity contribution in [1.82, 2.24) is 19.5 Å². The second kappa shape index (κ2) is 12.8. The molecule has 1 saturated heterocycles. The number of carbonyl (C=O) groups excluding carboxylic acids is 3. The number of aromatic nitrogens is 4. The molecule has 0 radical (unpaired) electrons. The number of fused-ring (bicyclic) bond motifs is 1. The van der Waals surface area contributed by atoms with Crippen LogP contribution in [0, 0.1) is 5.41 Å². The second-order valence-electron chi connectivity index (χ2n) is 10.2. The van der Waals surface area contributed by atoms with Crippen LogP contribution in [0.15, 0.2) is 97.3 Å². The number of anilines is 2. The molecule has 0 amide bonds. The highest BCUT2D eigenvalue weighted by atomic mass is 16.7. The predicted octanol–water partition coefficient (Wildman–Crippen LogP) is 2.68. The first-order valence-corrected chi connectivity index (χ1v) is 14.0. The lowest BCUT2D eigenvalue weighted by Gasteiger charge is -2.25. The minimum atomic E-state index is -1.33. The van der Waals surface area contributed by atoms with Crippen LogP contribution in [0.3, 0.4) is 0 Å². The van der Waals surface area contributed by atoms with Gasteiger partial charge in [0.05, 0.1) is 23.0 Å². The summed E-state index contributed by atoms with van der Waals surface area (Å²) in [6.07, 6.45) is -3.67. The smallest absolute Gasteiger partial charge is 0.338 e. The highest BCUT2D eigenvalue weighted by Crippen LogP contribution is 2.38. The summed E-state index contributed by atoms with van der Waals surface area (Å²) in [7, 11) is 0. The van der Waals surface area contributed by atoms with Gasteiger partial charge in [-0.1, -0.05) is 54.6 Å². The Kier molecular flexibility index (Phi) is 8.34. The van der Waals surface area contributed by atoms with Gasteiger partial charge in [-0.25, -0.2) is 19.4 Å². The molecule has 4 atom stereocenters. The van der Waals surface area contributed by atoms with Gasteiger partial charge in [0.15, 0.2) is 30.1 Å². The second-order valence-corrected chi connectivity index (χ2v) is 10.2. The Morgan fingerprint density at radius 2 is 1.24 bits per heavy atom. The summed E-state index contributed by atoms with van der Waals surface area (Å²) >= 11 is 0. The molecule has 1 aliphatic rings. The first-order valence-electron chi connectivity index (χ1n) is 14.0. The summed E-state index contributed by atoms with van der Waals surface area (Å²) in [6, 6.07) is 24.7. The quantitative estimate of drug-likeness (QED) is 0.169. The Balaban J connectivity index is 1.43. The molecule has 0 aliphatic carbocycles. The van der Waals surface area contributed by atoms with E-state index in [4.69, 9.17) is 35.8 Å². The van der Waals surface area contributed by atoms with Crippen LogP contribution in [-0.4, -0.2) is 62.3 Å². The molecule has 14 heteroatoms. The number of esters is 3. The van der Waals surface area contributed by atoms with E-state index in [0.29, 0.717) is 5.56 Å². The Bertz CT molecular complexity index is 1960. The van der Waals surface area contributed by atoms with Gasteiger partial charge in [0, 0.05) is 0 Å². The zero-order valence-corrected chi connectivity index (χ0v) is 24.1. The fourth-order valence-electron chi connectivity index (χ4n) is 5.04. The van der Waals surface area contributed by atoms with E-state index in [1.54, 1.807) is 91.0 Å². The molecular formula is C32H27N7O7. The SMILES string of the molecule is N=c1nc(N)c2ncn([C@@H]3O[C@H](COC(=O)c4ccccc4)[C@H](OC(=O)c4ccccc4)[C@@H]3OC(=O)c3ccccc3)c2c(N)n1. The Morgan fingerprint density at radius 3 is 1.80 bits per heavy atom. The molecule has 6 rings (SSSR count). The molecule has 46 heavy (non-hydrogen) atoms. The van der Waals surface area contributed by atoms with Gasteiger partial charge in [0.1, 0.15) is 23.7 Å². The molecule has 5 aromatic rings. The number of hydrogen-bond donors (Lipinski definition) is 3. The number of nitrogens with one attached hydrogen (secondary N) is 1. The molecule has 2 aromatic heterocycles. The van der Waals surface area contributed by atoms with Crippen LogP contribution < -0.4 is 17.1 Å². The summed E-state index contributed by atoms with van der Waals surface area (Å²) in [5.74, 6) is -2.40. The van der Waals surface area contributed by atoms with E-state index in [1.165, 1.54) is 10.9 Å². The number of benzene rings is 3. The minimum absolute atomic E-state index is 0.108. The Hall–Kier alpha value is -6.15. The third kappa shape index (κ3) is 6.09. The lowest BCUT2D eigenvalue weighted by molar-refractivity contribution is -0.0604. The van der Waals surface area contributed by atoms with E-state index in [0.717, 1.165) is 0 Å². The molecule has 5 N–H and O–H groups in total. The first kappa shape index (κ1) is 29.9. The molecular weight excluding hydrogens is 594 g/mol. The van der Waals surface area contributed by atoms with Gasteiger partial charge in [-0.05, 0) is 36.4 Å². The standard InChI is InChI=1S/C32H27N7O7/c33-26-22-23(27(34)38-32(35)37-26)39(17-36-22)28-25(46-31(42)20-14-8-3-9-15-20)24(45-30(41)19-12-6-2-7-13-19)21(44-28)16-43-29(40)18-10-4-1-5-11-18/h1-15,17,21,24-25,28H,16H2,(H5,33,34,35,37,38)/t21-,24+,25+,28-/m1/s1. The summed E-state index contributed by atoms with van der Waals surface area (Å²) in [5, 5.41) is 7.92. The van der Waals surface area contributed by atoms with Crippen LogP contribution in [0.1, 0.15) is 37.3 Å². The van der Waals surface area contributed by atoms with Crippen molar-refractivity contribution in [1.29, 1.82) is 5.41 Å². The normalized spacial score (nSPS) is 19.0. The molecule has 1 aliphatic heterocycles. The van der Waals surface area contributed by atoms with Crippen molar-refractivity contribution >= 4 is 40.6 Å². The number of imidazole rings is 1. The number of hydrogen-bond acceptors (Lipinski definition) is 13. The van der Waals surface area contributed by atoms with Crippen LogP contribution in [0.5, 0.6) is 0 Å². The van der Waals surface area contributed by atoms with E-state index in [9.17, 15) is 14.4 Å². The van der Waals surface area contributed by atoms with Gasteiger partial charge in [-0.3, -0.25) is 9.98 Å². The van der Waals surface area contributed by atoms with Crippen LogP contribution in [-0.2, 0) is 18.9 Å². The van der Waals surface area contributed by atoms with E-state index in [2.05, 4.69) is 15.0 Å².